The van der Waals surface area contributed by atoms with Gasteiger partial charge in [-0.3, -0.25) is 4.48 Å². The van der Waals surface area contributed by atoms with Gasteiger partial charge >= 0.3 is 17.9 Å². The van der Waals surface area contributed by atoms with Gasteiger partial charge in [0.05, 0.1) is 6.54 Å². The van der Waals surface area contributed by atoms with E-state index in [4.69, 9.17) is 0 Å². The van der Waals surface area contributed by atoms with Crippen LogP contribution < -0.4 is 0 Å². The third-order valence-electron chi connectivity index (χ3n) is 7.04. The summed E-state index contributed by atoms with van der Waals surface area (Å²) in [5, 5.41) is 28.8. The molecule has 3 atom stereocenters. The Morgan fingerprint density at radius 2 is 0.939 bits per heavy atom. The minimum absolute atomic E-state index is 0.211. The Kier molecular flexibility index (Phi) is 16.6. The first-order valence-electron chi connectivity index (χ1n) is 12.8. The lowest BCUT2D eigenvalue weighted by atomic mass is 10.00. The fourth-order valence-electron chi connectivity index (χ4n) is 4.66. The molecule has 3 N–H and O–H groups in total. The van der Waals surface area contributed by atoms with Crippen molar-refractivity contribution in [1.82, 2.24) is 0 Å². The lowest BCUT2D eigenvalue weighted by Gasteiger charge is -2.47. The number of aliphatic carboxylic acids is 3. The van der Waals surface area contributed by atoms with Gasteiger partial charge in [0, 0.05) is 0 Å². The fourth-order valence-corrected chi connectivity index (χ4v) is 4.66. The van der Waals surface area contributed by atoms with Crippen LogP contribution in [0.15, 0.2) is 12.2 Å². The number of hydrogen-bond acceptors (Lipinski definition) is 3. The molecule has 0 rings (SSSR count). The van der Waals surface area contributed by atoms with Crippen LogP contribution in [0, 0.1) is 0 Å². The Labute approximate surface area is 200 Å². The summed E-state index contributed by atoms with van der Waals surface area (Å²) in [5.41, 5.74) is 0. The highest BCUT2D eigenvalue weighted by molar-refractivity contribution is 5.77. The highest BCUT2D eigenvalue weighted by Gasteiger charge is 2.52. The summed E-state index contributed by atoms with van der Waals surface area (Å²) >= 11 is 0. The third-order valence-corrected chi connectivity index (χ3v) is 7.04. The van der Waals surface area contributed by atoms with Gasteiger partial charge in [-0.15, -0.1) is 0 Å². The molecule has 0 spiro atoms. The van der Waals surface area contributed by atoms with Crippen LogP contribution in [0.3, 0.4) is 0 Å². The molecule has 3 unspecified atom stereocenters. The Balaban J connectivity index is 4.48. The summed E-state index contributed by atoms with van der Waals surface area (Å²) in [6, 6.07) is -3.38. The van der Waals surface area contributed by atoms with E-state index in [1.54, 1.807) is 0 Å². The fraction of sp³-hybridized carbons (Fsp3) is 0.808. The number of carboxylic acid groups (broad SMARTS) is 3. The summed E-state index contributed by atoms with van der Waals surface area (Å²) in [4.78, 5) is 35.3. The maximum Gasteiger partial charge on any atom is 0.362 e. The minimum Gasteiger partial charge on any atom is -0.477 e. The molecule has 7 nitrogen and oxygen atoms in total. The SMILES string of the molecule is CCCCCCCCC/C=C/CCCCCC[N+](C(C)C(=O)O)(C(C)C(=O)O)C(C)C(=O)O. The average molecular weight is 471 g/mol. The van der Waals surface area contributed by atoms with Crippen LogP contribution >= 0.6 is 0 Å². The molecule has 0 amide bonds. The molecule has 0 saturated heterocycles. The summed E-state index contributed by atoms with van der Waals surface area (Å²) in [6.45, 7) is 6.69. The molecule has 0 aromatic rings. The van der Waals surface area contributed by atoms with Crippen LogP contribution in [0.4, 0.5) is 0 Å². The predicted molar refractivity (Wildman–Crippen MR) is 131 cm³/mol. The standard InChI is InChI=1S/C26H47NO6/c1-5-6-7-8-9-10-11-12-13-14-15-16-17-18-19-20-27(21(2)24(28)29,22(3)25(30)31)23(4)26(32)33/h13-14,21-23H,5-12,15-20H2,1-4H3,(H2-,28,29,30,31,32,33)/p+1/b14-13+. The quantitative estimate of drug-likeness (QED) is 0.110. The van der Waals surface area contributed by atoms with Crippen LogP contribution in [0.1, 0.15) is 111 Å². The van der Waals surface area contributed by atoms with Gasteiger partial charge in [0.1, 0.15) is 0 Å². The van der Waals surface area contributed by atoms with E-state index >= 15 is 0 Å². The first-order chi connectivity index (χ1) is 15.6. The number of allylic oxidation sites excluding steroid dienone is 2. The summed E-state index contributed by atoms with van der Waals surface area (Å²) in [7, 11) is 0. The van der Waals surface area contributed by atoms with Crippen LogP contribution in [-0.2, 0) is 14.4 Å². The lowest BCUT2D eigenvalue weighted by Crippen LogP contribution is -2.70. The molecule has 0 aliphatic heterocycles. The Hall–Kier alpha value is -1.89. The Bertz CT molecular complexity index is 553. The van der Waals surface area contributed by atoms with Gasteiger partial charge in [-0.1, -0.05) is 64.0 Å². The molecule has 7 heteroatoms. The summed E-state index contributed by atoms with van der Waals surface area (Å²) in [6.07, 6.45) is 19.2. The van der Waals surface area contributed by atoms with Crippen LogP contribution in [-0.4, -0.2) is 62.4 Å². The van der Waals surface area contributed by atoms with E-state index in [1.165, 1.54) is 65.7 Å². The molecule has 0 aromatic heterocycles. The van der Waals surface area contributed by atoms with E-state index in [0.29, 0.717) is 6.42 Å². The summed E-state index contributed by atoms with van der Waals surface area (Å²) < 4.78 is -0.488. The lowest BCUT2D eigenvalue weighted by molar-refractivity contribution is -0.968. The highest BCUT2D eigenvalue weighted by Crippen LogP contribution is 2.27. The smallest absolute Gasteiger partial charge is 0.362 e. The van der Waals surface area contributed by atoms with Gasteiger partial charge in [-0.2, -0.15) is 0 Å². The maximum absolute atomic E-state index is 11.8. The van der Waals surface area contributed by atoms with Crippen LogP contribution in [0.5, 0.6) is 0 Å². The van der Waals surface area contributed by atoms with E-state index < -0.39 is 40.5 Å². The third kappa shape index (κ3) is 11.2. The monoisotopic (exact) mass is 470 g/mol. The number of rotatable bonds is 21. The van der Waals surface area contributed by atoms with E-state index in [-0.39, 0.29) is 6.54 Å². The average Bonchev–Trinajstić information content (AvgIpc) is 2.77. The second kappa shape index (κ2) is 17.6. The second-order valence-electron chi connectivity index (χ2n) is 9.35. The Morgan fingerprint density at radius 1 is 0.606 bits per heavy atom. The highest BCUT2D eigenvalue weighted by atomic mass is 16.4. The van der Waals surface area contributed by atoms with Crippen molar-refractivity contribution in [2.75, 3.05) is 6.54 Å². The van der Waals surface area contributed by atoms with Gasteiger partial charge < -0.3 is 15.3 Å². The van der Waals surface area contributed by atoms with Crippen molar-refractivity contribution >= 4 is 17.9 Å². The number of quaternary nitrogens is 1. The first-order valence-corrected chi connectivity index (χ1v) is 12.8. The van der Waals surface area contributed by atoms with Crippen molar-refractivity contribution < 1.29 is 34.2 Å². The molecule has 0 bridgehead atoms. The molecule has 0 aliphatic carbocycles. The van der Waals surface area contributed by atoms with Gasteiger partial charge in [0.15, 0.2) is 18.1 Å². The van der Waals surface area contributed by atoms with Crippen LogP contribution in [0.2, 0.25) is 0 Å². The predicted octanol–water partition coefficient (Wildman–Crippen LogP) is 5.87. The van der Waals surface area contributed by atoms with Gasteiger partial charge in [-0.25, -0.2) is 14.4 Å². The summed E-state index contributed by atoms with van der Waals surface area (Å²) in [5.74, 6) is -3.54. The van der Waals surface area contributed by atoms with Gasteiger partial charge in [0.2, 0.25) is 0 Å². The molecule has 192 valence electrons. The zero-order chi connectivity index (χ0) is 25.3. The number of carboxylic acids is 3. The van der Waals surface area contributed by atoms with E-state index in [0.717, 1.165) is 32.1 Å². The number of nitrogens with zero attached hydrogens (tertiary/aromatic N) is 1. The molecule has 0 aromatic carbocycles. The van der Waals surface area contributed by atoms with E-state index in [1.807, 2.05) is 0 Å². The van der Waals surface area contributed by atoms with E-state index in [9.17, 15) is 29.7 Å². The van der Waals surface area contributed by atoms with Crippen LogP contribution in [0.25, 0.3) is 0 Å². The first kappa shape index (κ1) is 31.1. The maximum atomic E-state index is 11.8. The second-order valence-corrected chi connectivity index (χ2v) is 9.35. The van der Waals surface area contributed by atoms with Crippen molar-refractivity contribution in [3.05, 3.63) is 12.2 Å². The van der Waals surface area contributed by atoms with Crippen molar-refractivity contribution in [3.8, 4) is 0 Å². The minimum atomic E-state index is -1.18. The van der Waals surface area contributed by atoms with Crippen molar-refractivity contribution in [2.45, 2.75) is 129 Å². The molecular weight excluding hydrogens is 422 g/mol. The van der Waals surface area contributed by atoms with Crippen molar-refractivity contribution in [1.29, 1.82) is 0 Å². The molecule has 0 fully saturated rings. The number of carbonyl (C=O) groups is 3. The molecule has 0 heterocycles. The number of unbranched alkanes of at least 4 members (excludes halogenated alkanes) is 11. The topological polar surface area (TPSA) is 112 Å². The largest absolute Gasteiger partial charge is 0.477 e. The molecular formula is C26H48NO6+. The van der Waals surface area contributed by atoms with Gasteiger partial charge in [0.25, 0.3) is 0 Å². The molecule has 0 radical (unpaired) electrons. The molecule has 0 aliphatic rings. The zero-order valence-electron chi connectivity index (χ0n) is 21.3. The van der Waals surface area contributed by atoms with E-state index in [2.05, 4.69) is 19.1 Å². The number of hydrogen-bond donors (Lipinski definition) is 3. The van der Waals surface area contributed by atoms with Gasteiger partial charge in [-0.05, 0) is 59.3 Å². The Morgan fingerprint density at radius 3 is 1.30 bits per heavy atom. The van der Waals surface area contributed by atoms with Crippen molar-refractivity contribution in [3.63, 3.8) is 0 Å². The molecule has 33 heavy (non-hydrogen) atoms. The molecule has 0 saturated carbocycles. The normalized spacial score (nSPS) is 16.2. The zero-order valence-corrected chi connectivity index (χ0v) is 21.3. The van der Waals surface area contributed by atoms with Crippen molar-refractivity contribution in [2.24, 2.45) is 0 Å².